The highest BCUT2D eigenvalue weighted by molar-refractivity contribution is 5.72. The van der Waals surface area contributed by atoms with E-state index in [4.69, 9.17) is 0 Å². The van der Waals surface area contributed by atoms with Crippen LogP contribution < -0.4 is 0 Å². The van der Waals surface area contributed by atoms with Crippen LogP contribution in [0.25, 0.3) is 0 Å². The van der Waals surface area contributed by atoms with Crippen LogP contribution in [-0.4, -0.2) is 0 Å². The number of nitrogens with zero attached hydrogens (tertiary/aromatic N) is 4. The molecule has 0 saturated heterocycles. The molecule has 0 amide bonds. The average molecular weight is 214 g/mol. The minimum absolute atomic E-state index is 0.717. The van der Waals surface area contributed by atoms with Gasteiger partial charge in [-0.3, -0.25) is 0 Å². The third-order valence-corrected chi connectivity index (χ3v) is 3.38. The second kappa shape index (κ2) is 3.47. The van der Waals surface area contributed by atoms with E-state index in [1.807, 2.05) is 0 Å². The summed E-state index contributed by atoms with van der Waals surface area (Å²) in [7, 11) is 0. The van der Waals surface area contributed by atoms with Crippen molar-refractivity contribution < 1.29 is 0 Å². The summed E-state index contributed by atoms with van der Waals surface area (Å²) in [6.07, 6.45) is 1.97. The van der Waals surface area contributed by atoms with E-state index in [-0.39, 0.29) is 0 Å². The van der Waals surface area contributed by atoms with Gasteiger partial charge in [-0.25, -0.2) is 0 Å². The molecule has 0 unspecified atom stereocenters. The average Bonchev–Trinajstić information content (AvgIpc) is 2.93. The standard InChI is InChI=1S/C12H14N4/c1-3-7-9-5-13-16-12(9)8(4-2)10-6-14-15-11(7)10/h3-6H2,1-2H3. The van der Waals surface area contributed by atoms with Crippen molar-refractivity contribution in [3.05, 3.63) is 22.3 Å². The molecule has 2 heterocycles. The topological polar surface area (TPSA) is 49.4 Å². The lowest BCUT2D eigenvalue weighted by Gasteiger charge is -2.13. The first-order valence-electron chi connectivity index (χ1n) is 5.81. The minimum atomic E-state index is 0.717. The van der Waals surface area contributed by atoms with Crippen LogP contribution in [0.3, 0.4) is 0 Å². The molecule has 0 radical (unpaired) electrons. The van der Waals surface area contributed by atoms with Gasteiger partial charge in [-0.2, -0.15) is 20.5 Å². The number of hydrogen-bond donors (Lipinski definition) is 0. The molecule has 0 bridgehead atoms. The lowest BCUT2D eigenvalue weighted by Crippen LogP contribution is -1.98. The van der Waals surface area contributed by atoms with Crippen molar-refractivity contribution in [3.63, 3.8) is 0 Å². The van der Waals surface area contributed by atoms with Crippen LogP contribution in [0.4, 0.5) is 11.4 Å². The fraction of sp³-hybridized carbons (Fsp3) is 0.500. The molecule has 0 saturated carbocycles. The lowest BCUT2D eigenvalue weighted by atomic mass is 9.91. The van der Waals surface area contributed by atoms with E-state index in [0.29, 0.717) is 13.1 Å². The van der Waals surface area contributed by atoms with Gasteiger partial charge in [0, 0.05) is 11.1 Å². The molecule has 4 heteroatoms. The summed E-state index contributed by atoms with van der Waals surface area (Å²) in [5.74, 6) is 0. The fourth-order valence-electron chi connectivity index (χ4n) is 2.63. The molecule has 0 N–H and O–H groups in total. The van der Waals surface area contributed by atoms with Crippen molar-refractivity contribution in [2.45, 2.75) is 39.8 Å². The zero-order chi connectivity index (χ0) is 11.1. The molecule has 0 aliphatic carbocycles. The van der Waals surface area contributed by atoms with E-state index < -0.39 is 0 Å². The third-order valence-electron chi connectivity index (χ3n) is 3.38. The quantitative estimate of drug-likeness (QED) is 0.714. The van der Waals surface area contributed by atoms with E-state index >= 15 is 0 Å². The number of fused-ring (bicyclic) bond motifs is 2. The highest BCUT2D eigenvalue weighted by atomic mass is 15.2. The van der Waals surface area contributed by atoms with Gasteiger partial charge in [-0.05, 0) is 24.0 Å². The maximum Gasteiger partial charge on any atom is 0.0943 e. The summed E-state index contributed by atoms with van der Waals surface area (Å²) in [5.41, 5.74) is 7.36. The van der Waals surface area contributed by atoms with Crippen molar-refractivity contribution in [1.82, 2.24) is 0 Å². The number of rotatable bonds is 2. The molecule has 0 atom stereocenters. The first-order valence-corrected chi connectivity index (χ1v) is 5.81. The van der Waals surface area contributed by atoms with Gasteiger partial charge in [0.1, 0.15) is 0 Å². The van der Waals surface area contributed by atoms with Crippen LogP contribution in [0.2, 0.25) is 0 Å². The monoisotopic (exact) mass is 214 g/mol. The van der Waals surface area contributed by atoms with Crippen LogP contribution >= 0.6 is 0 Å². The van der Waals surface area contributed by atoms with E-state index in [0.717, 1.165) is 24.2 Å². The van der Waals surface area contributed by atoms with Crippen LogP contribution in [-0.2, 0) is 25.9 Å². The first-order chi connectivity index (χ1) is 7.86. The fourth-order valence-corrected chi connectivity index (χ4v) is 2.63. The molecule has 1 aromatic carbocycles. The van der Waals surface area contributed by atoms with Gasteiger partial charge in [0.05, 0.1) is 24.5 Å². The zero-order valence-electron chi connectivity index (χ0n) is 9.62. The molecule has 2 aliphatic rings. The Balaban J connectivity index is 2.35. The number of azo groups is 2. The second-order valence-corrected chi connectivity index (χ2v) is 4.12. The van der Waals surface area contributed by atoms with Gasteiger partial charge in [0.2, 0.25) is 0 Å². The molecule has 0 fully saturated rings. The Morgan fingerprint density at radius 3 is 1.62 bits per heavy atom. The van der Waals surface area contributed by atoms with Gasteiger partial charge in [-0.15, -0.1) is 0 Å². The Morgan fingerprint density at radius 2 is 1.25 bits per heavy atom. The maximum atomic E-state index is 4.30. The molecular weight excluding hydrogens is 200 g/mol. The third kappa shape index (κ3) is 1.10. The lowest BCUT2D eigenvalue weighted by molar-refractivity contribution is 1.00. The van der Waals surface area contributed by atoms with Crippen molar-refractivity contribution in [1.29, 1.82) is 0 Å². The van der Waals surface area contributed by atoms with Crippen molar-refractivity contribution in [2.24, 2.45) is 20.5 Å². The molecule has 16 heavy (non-hydrogen) atoms. The Labute approximate surface area is 94.5 Å². The van der Waals surface area contributed by atoms with Crippen LogP contribution in [0, 0.1) is 0 Å². The highest BCUT2D eigenvalue weighted by Gasteiger charge is 2.26. The van der Waals surface area contributed by atoms with Gasteiger partial charge in [-0.1, -0.05) is 13.8 Å². The Bertz CT molecular complexity index is 467. The Morgan fingerprint density at radius 1 is 0.812 bits per heavy atom. The summed E-state index contributed by atoms with van der Waals surface area (Å²) >= 11 is 0. The van der Waals surface area contributed by atoms with Crippen LogP contribution in [0.15, 0.2) is 20.5 Å². The first kappa shape index (κ1) is 9.63. The van der Waals surface area contributed by atoms with Crippen molar-refractivity contribution in [2.75, 3.05) is 0 Å². The smallest absolute Gasteiger partial charge is 0.0943 e. The number of benzene rings is 1. The van der Waals surface area contributed by atoms with Gasteiger partial charge >= 0.3 is 0 Å². The summed E-state index contributed by atoms with van der Waals surface area (Å²) in [6.45, 7) is 5.75. The Hall–Kier alpha value is -1.58. The van der Waals surface area contributed by atoms with Crippen molar-refractivity contribution >= 4 is 11.4 Å². The van der Waals surface area contributed by atoms with Crippen molar-refractivity contribution in [3.8, 4) is 0 Å². The molecule has 3 rings (SSSR count). The number of hydrogen-bond acceptors (Lipinski definition) is 4. The van der Waals surface area contributed by atoms with E-state index in [1.54, 1.807) is 0 Å². The largest absolute Gasteiger partial charge is 0.184 e. The van der Waals surface area contributed by atoms with Gasteiger partial charge in [0.25, 0.3) is 0 Å². The summed E-state index contributed by atoms with van der Waals surface area (Å²) in [4.78, 5) is 0. The maximum absolute atomic E-state index is 4.30. The molecular formula is C12H14N4. The molecule has 0 aromatic heterocycles. The molecule has 2 aliphatic heterocycles. The van der Waals surface area contributed by atoms with E-state index in [9.17, 15) is 0 Å². The molecule has 1 aromatic rings. The highest BCUT2D eigenvalue weighted by Crippen LogP contribution is 2.45. The Kier molecular flexibility index (Phi) is 2.09. The second-order valence-electron chi connectivity index (χ2n) is 4.12. The van der Waals surface area contributed by atoms with E-state index in [2.05, 4.69) is 34.3 Å². The van der Waals surface area contributed by atoms with Gasteiger partial charge < -0.3 is 0 Å². The van der Waals surface area contributed by atoms with E-state index in [1.165, 1.54) is 22.3 Å². The minimum Gasteiger partial charge on any atom is -0.184 e. The summed E-state index contributed by atoms with van der Waals surface area (Å²) in [5, 5.41) is 16.9. The zero-order valence-corrected chi connectivity index (χ0v) is 9.62. The molecule has 82 valence electrons. The summed E-state index contributed by atoms with van der Waals surface area (Å²) < 4.78 is 0. The molecule has 0 spiro atoms. The predicted octanol–water partition coefficient (Wildman–Crippen LogP) is 4.01. The van der Waals surface area contributed by atoms with Crippen LogP contribution in [0.5, 0.6) is 0 Å². The molecule has 4 nitrogen and oxygen atoms in total. The van der Waals surface area contributed by atoms with Gasteiger partial charge in [0.15, 0.2) is 0 Å². The predicted molar refractivity (Wildman–Crippen MR) is 61.6 cm³/mol. The normalized spacial score (nSPS) is 15.6. The van der Waals surface area contributed by atoms with Crippen LogP contribution in [0.1, 0.15) is 36.1 Å². The SMILES string of the molecule is CCc1c2c(c(CC)c3c1N=NC3)N=NC2. The summed E-state index contributed by atoms with van der Waals surface area (Å²) in [6, 6.07) is 0.